The summed E-state index contributed by atoms with van der Waals surface area (Å²) in [5, 5.41) is 16.6. The molecule has 0 heterocycles. The Morgan fingerprint density at radius 3 is 1.77 bits per heavy atom. The van der Waals surface area contributed by atoms with E-state index in [4.69, 9.17) is 10.5 Å². The normalized spacial score (nSPS) is 14.4. The maximum atomic E-state index is 12.8. The Labute approximate surface area is 182 Å². The Morgan fingerprint density at radius 1 is 0.871 bits per heavy atom. The van der Waals surface area contributed by atoms with Gasteiger partial charge in [-0.3, -0.25) is 14.4 Å². The molecule has 3 atom stereocenters. The summed E-state index contributed by atoms with van der Waals surface area (Å²) >= 11 is 0. The lowest BCUT2D eigenvalue weighted by atomic mass is 10.0. The second kappa shape index (κ2) is 12.1. The Balaban J connectivity index is 5.46. The van der Waals surface area contributed by atoms with E-state index < -0.39 is 59.4 Å². The molecule has 0 spiro atoms. The fourth-order valence-electron chi connectivity index (χ4n) is 2.55. The third-order valence-electron chi connectivity index (χ3n) is 4.16. The molecule has 0 aromatic rings. The largest absolute Gasteiger partial charge is 0.480 e. The maximum absolute atomic E-state index is 12.8. The highest BCUT2D eigenvalue weighted by Crippen LogP contribution is 2.10. The summed E-state index contributed by atoms with van der Waals surface area (Å²) in [6.45, 7) is 11.7. The Morgan fingerprint density at radius 2 is 1.39 bits per heavy atom. The molecule has 0 bridgehead atoms. The van der Waals surface area contributed by atoms with Gasteiger partial charge in [0.2, 0.25) is 17.7 Å². The first-order chi connectivity index (χ1) is 14.0. The number of hydrogen-bond donors (Lipinski definition) is 5. The van der Waals surface area contributed by atoms with Crippen LogP contribution >= 0.6 is 0 Å². The van der Waals surface area contributed by atoms with Crippen molar-refractivity contribution in [2.75, 3.05) is 0 Å². The molecule has 0 saturated heterocycles. The highest BCUT2D eigenvalue weighted by molar-refractivity contribution is 5.93. The van der Waals surface area contributed by atoms with Gasteiger partial charge in [0.05, 0.1) is 0 Å². The molecule has 178 valence electrons. The monoisotopic (exact) mass is 444 g/mol. The van der Waals surface area contributed by atoms with Crippen molar-refractivity contribution in [2.24, 2.45) is 17.6 Å². The van der Waals surface area contributed by atoms with E-state index in [9.17, 15) is 29.1 Å². The number of carbonyl (C=O) groups excluding carboxylic acids is 4. The van der Waals surface area contributed by atoms with E-state index in [0.717, 1.165) is 0 Å². The topological polar surface area (TPSA) is 177 Å². The zero-order valence-electron chi connectivity index (χ0n) is 19.3. The molecule has 0 rings (SSSR count). The molecule has 0 radical (unpaired) electrons. The summed E-state index contributed by atoms with van der Waals surface area (Å²) in [5.74, 6) is -4.12. The van der Waals surface area contributed by atoms with Crippen LogP contribution in [0.15, 0.2) is 0 Å². The molecule has 0 unspecified atom stereocenters. The molecule has 11 heteroatoms. The van der Waals surface area contributed by atoms with Crippen molar-refractivity contribution in [3.63, 3.8) is 0 Å². The predicted octanol–water partition coefficient (Wildman–Crippen LogP) is 0.511. The lowest BCUT2D eigenvalue weighted by Crippen LogP contribution is -2.57. The summed E-state index contributed by atoms with van der Waals surface area (Å²) in [4.78, 5) is 60.1. The van der Waals surface area contributed by atoms with Crippen LogP contribution in [0.3, 0.4) is 0 Å². The molecule has 31 heavy (non-hydrogen) atoms. The highest BCUT2D eigenvalue weighted by atomic mass is 16.6. The number of carboxylic acid groups (broad SMARTS) is 1. The summed E-state index contributed by atoms with van der Waals surface area (Å²) in [7, 11) is 0. The van der Waals surface area contributed by atoms with E-state index in [2.05, 4.69) is 16.0 Å². The standard InChI is InChI=1S/C20H36N4O7/c1-10(2)14(24-19(30)31-20(5,6)7)17(27)22-12(8-9-13(21)25)16(26)23-15(11(3)4)18(28)29/h10-12,14-15H,8-9H2,1-7H3,(H2,21,25)(H,22,27)(H,23,26)(H,24,30)(H,28,29)/t12-,14-,15-/m0/s1. The quantitative estimate of drug-likeness (QED) is 0.308. The van der Waals surface area contributed by atoms with Gasteiger partial charge in [-0.25, -0.2) is 9.59 Å². The van der Waals surface area contributed by atoms with E-state index in [1.165, 1.54) is 0 Å². The predicted molar refractivity (Wildman–Crippen MR) is 113 cm³/mol. The minimum Gasteiger partial charge on any atom is -0.480 e. The van der Waals surface area contributed by atoms with Crippen molar-refractivity contribution in [1.29, 1.82) is 0 Å². The molecule has 0 saturated carbocycles. The Kier molecular flexibility index (Phi) is 11.0. The van der Waals surface area contributed by atoms with Gasteiger partial charge in [0, 0.05) is 6.42 Å². The van der Waals surface area contributed by atoms with Gasteiger partial charge < -0.3 is 31.5 Å². The van der Waals surface area contributed by atoms with Gasteiger partial charge in [0.1, 0.15) is 23.7 Å². The maximum Gasteiger partial charge on any atom is 0.408 e. The number of rotatable bonds is 11. The average Bonchev–Trinajstić information content (AvgIpc) is 2.58. The zero-order valence-corrected chi connectivity index (χ0v) is 19.3. The SMILES string of the molecule is CC(C)[C@H](NC(=O)[C@H](CCC(N)=O)NC(=O)[C@@H](NC(=O)OC(C)(C)C)C(C)C)C(=O)O. The van der Waals surface area contributed by atoms with Crippen LogP contribution in [-0.4, -0.2) is 58.6 Å². The summed E-state index contributed by atoms with van der Waals surface area (Å²) in [6, 6.07) is -3.43. The van der Waals surface area contributed by atoms with Crippen molar-refractivity contribution < 1.29 is 33.8 Å². The number of nitrogens with one attached hydrogen (secondary N) is 3. The van der Waals surface area contributed by atoms with Crippen LogP contribution in [0.25, 0.3) is 0 Å². The van der Waals surface area contributed by atoms with E-state index >= 15 is 0 Å². The van der Waals surface area contributed by atoms with Crippen LogP contribution in [0, 0.1) is 11.8 Å². The zero-order chi connectivity index (χ0) is 24.5. The van der Waals surface area contributed by atoms with Crippen molar-refractivity contribution in [1.82, 2.24) is 16.0 Å². The van der Waals surface area contributed by atoms with Gasteiger partial charge in [-0.2, -0.15) is 0 Å². The molecule has 0 aliphatic carbocycles. The highest BCUT2D eigenvalue weighted by Gasteiger charge is 2.32. The molecule has 11 nitrogen and oxygen atoms in total. The number of primary amides is 1. The van der Waals surface area contributed by atoms with Gasteiger partial charge in [0.25, 0.3) is 0 Å². The number of carboxylic acids is 1. The summed E-state index contributed by atoms with van der Waals surface area (Å²) < 4.78 is 5.17. The third-order valence-corrected chi connectivity index (χ3v) is 4.16. The minimum absolute atomic E-state index is 0.130. The summed E-state index contributed by atoms with van der Waals surface area (Å²) in [5.41, 5.74) is 4.38. The van der Waals surface area contributed by atoms with Gasteiger partial charge in [-0.15, -0.1) is 0 Å². The van der Waals surface area contributed by atoms with Crippen LogP contribution in [0.4, 0.5) is 4.79 Å². The second-order valence-corrected chi connectivity index (χ2v) is 9.00. The van der Waals surface area contributed by atoms with E-state index in [0.29, 0.717) is 0 Å². The Hall–Kier alpha value is -2.85. The van der Waals surface area contributed by atoms with Gasteiger partial charge in [-0.05, 0) is 39.0 Å². The van der Waals surface area contributed by atoms with Crippen LogP contribution < -0.4 is 21.7 Å². The number of alkyl carbamates (subject to hydrolysis) is 1. The number of nitrogens with two attached hydrogens (primary N) is 1. The van der Waals surface area contributed by atoms with Crippen molar-refractivity contribution in [3.05, 3.63) is 0 Å². The lowest BCUT2D eigenvalue weighted by Gasteiger charge is -2.27. The number of amides is 4. The average molecular weight is 445 g/mol. The first kappa shape index (κ1) is 28.1. The molecule has 0 aromatic carbocycles. The molecular weight excluding hydrogens is 408 g/mol. The Bertz CT molecular complexity index is 671. The van der Waals surface area contributed by atoms with E-state index in [-0.39, 0.29) is 18.8 Å². The molecule has 4 amide bonds. The van der Waals surface area contributed by atoms with Crippen LogP contribution in [-0.2, 0) is 23.9 Å². The van der Waals surface area contributed by atoms with Crippen molar-refractivity contribution in [3.8, 4) is 0 Å². The summed E-state index contributed by atoms with van der Waals surface area (Å²) in [6.07, 6.45) is -1.14. The number of aliphatic carboxylic acids is 1. The van der Waals surface area contributed by atoms with Crippen LogP contribution in [0.2, 0.25) is 0 Å². The molecule has 0 aliphatic rings. The molecule has 6 N–H and O–H groups in total. The first-order valence-corrected chi connectivity index (χ1v) is 10.2. The smallest absolute Gasteiger partial charge is 0.408 e. The van der Waals surface area contributed by atoms with Gasteiger partial charge in [-0.1, -0.05) is 27.7 Å². The van der Waals surface area contributed by atoms with Crippen molar-refractivity contribution in [2.45, 2.75) is 85.0 Å². The molecular formula is C20H36N4O7. The fraction of sp³-hybridized carbons (Fsp3) is 0.750. The van der Waals surface area contributed by atoms with Crippen LogP contribution in [0.5, 0.6) is 0 Å². The molecule has 0 aromatic heterocycles. The van der Waals surface area contributed by atoms with Crippen LogP contribution in [0.1, 0.15) is 61.3 Å². The third kappa shape index (κ3) is 11.2. The van der Waals surface area contributed by atoms with E-state index in [1.54, 1.807) is 48.5 Å². The lowest BCUT2D eigenvalue weighted by molar-refractivity contribution is -0.143. The van der Waals surface area contributed by atoms with Crippen molar-refractivity contribution >= 4 is 29.8 Å². The minimum atomic E-state index is -1.23. The first-order valence-electron chi connectivity index (χ1n) is 10.2. The number of ether oxygens (including phenoxy) is 1. The number of carbonyl (C=O) groups is 5. The second-order valence-electron chi connectivity index (χ2n) is 9.00. The molecule has 0 aliphatic heterocycles. The van der Waals surface area contributed by atoms with Gasteiger partial charge in [0.15, 0.2) is 0 Å². The number of hydrogen-bond acceptors (Lipinski definition) is 6. The molecule has 0 fully saturated rings. The van der Waals surface area contributed by atoms with E-state index in [1.807, 2.05) is 0 Å². The fourth-order valence-corrected chi connectivity index (χ4v) is 2.55. The van der Waals surface area contributed by atoms with Gasteiger partial charge >= 0.3 is 12.1 Å².